The van der Waals surface area contributed by atoms with Crippen LogP contribution in [0.25, 0.3) is 0 Å². The van der Waals surface area contributed by atoms with E-state index in [-0.39, 0.29) is 4.90 Å². The van der Waals surface area contributed by atoms with Gasteiger partial charge in [0.15, 0.2) is 11.5 Å². The Kier molecular flexibility index (Phi) is 5.28. The summed E-state index contributed by atoms with van der Waals surface area (Å²) in [7, 11) is 0.942. The van der Waals surface area contributed by atoms with Crippen LogP contribution in [0.1, 0.15) is 11.1 Å². The Morgan fingerprint density at radius 3 is 2.26 bits per heavy atom. The molecule has 0 saturated carbocycles. The smallest absolute Gasteiger partial charge is 0.243 e. The maximum Gasteiger partial charge on any atom is 0.243 e. The van der Waals surface area contributed by atoms with Gasteiger partial charge in [-0.25, -0.2) is 8.42 Å². The van der Waals surface area contributed by atoms with Crippen molar-refractivity contribution in [3.63, 3.8) is 0 Å². The van der Waals surface area contributed by atoms with E-state index in [4.69, 9.17) is 9.47 Å². The SMILES string of the molecule is COc1ccc(S(=O)(=O)N(C)Cc2ccccc2C)cc1OC. The van der Waals surface area contributed by atoms with Crippen molar-refractivity contribution in [1.29, 1.82) is 0 Å². The van der Waals surface area contributed by atoms with Crippen LogP contribution >= 0.6 is 0 Å². The first-order valence-corrected chi connectivity index (χ1v) is 8.57. The molecule has 6 heteroatoms. The summed E-state index contributed by atoms with van der Waals surface area (Å²) in [6, 6.07) is 12.3. The van der Waals surface area contributed by atoms with E-state index in [9.17, 15) is 8.42 Å². The van der Waals surface area contributed by atoms with Crippen LogP contribution in [0, 0.1) is 6.92 Å². The molecule has 0 heterocycles. The molecule has 124 valence electrons. The molecule has 2 aromatic rings. The van der Waals surface area contributed by atoms with E-state index in [2.05, 4.69) is 0 Å². The number of rotatable bonds is 6. The summed E-state index contributed by atoms with van der Waals surface area (Å²) >= 11 is 0. The molecule has 0 N–H and O–H groups in total. The van der Waals surface area contributed by atoms with Crippen molar-refractivity contribution in [3.8, 4) is 11.5 Å². The van der Waals surface area contributed by atoms with E-state index in [0.29, 0.717) is 18.0 Å². The highest BCUT2D eigenvalue weighted by Gasteiger charge is 2.23. The van der Waals surface area contributed by atoms with E-state index in [1.807, 2.05) is 31.2 Å². The Hall–Kier alpha value is -2.05. The topological polar surface area (TPSA) is 55.8 Å². The number of hydrogen-bond acceptors (Lipinski definition) is 4. The highest BCUT2D eigenvalue weighted by Crippen LogP contribution is 2.30. The Bertz CT molecular complexity index is 787. The number of nitrogens with zero attached hydrogens (tertiary/aromatic N) is 1. The van der Waals surface area contributed by atoms with Gasteiger partial charge in [0.05, 0.1) is 19.1 Å². The van der Waals surface area contributed by atoms with Crippen molar-refractivity contribution in [1.82, 2.24) is 4.31 Å². The molecule has 0 radical (unpaired) electrons. The number of hydrogen-bond donors (Lipinski definition) is 0. The predicted molar refractivity (Wildman–Crippen MR) is 89.4 cm³/mol. The molecule has 0 fully saturated rings. The first-order valence-electron chi connectivity index (χ1n) is 7.13. The fourth-order valence-corrected chi connectivity index (χ4v) is 3.43. The standard InChI is InChI=1S/C17H21NO4S/c1-13-7-5-6-8-14(13)12-18(2)23(19,20)15-9-10-16(21-3)17(11-15)22-4/h5-11H,12H2,1-4H3. The highest BCUT2D eigenvalue weighted by molar-refractivity contribution is 7.89. The van der Waals surface area contributed by atoms with Crippen LogP contribution in [0.4, 0.5) is 0 Å². The second-order valence-electron chi connectivity index (χ2n) is 5.20. The maximum absolute atomic E-state index is 12.7. The zero-order chi connectivity index (χ0) is 17.0. The summed E-state index contributed by atoms with van der Waals surface area (Å²) in [6.45, 7) is 2.27. The number of ether oxygens (including phenoxy) is 2. The van der Waals surface area contributed by atoms with E-state index in [1.165, 1.54) is 30.7 Å². The van der Waals surface area contributed by atoms with Crippen LogP contribution in [0.3, 0.4) is 0 Å². The third-order valence-electron chi connectivity index (χ3n) is 3.72. The Labute approximate surface area is 137 Å². The molecule has 5 nitrogen and oxygen atoms in total. The molecule has 2 rings (SSSR count). The van der Waals surface area contributed by atoms with Gasteiger partial charge in [-0.15, -0.1) is 0 Å². The monoisotopic (exact) mass is 335 g/mol. The molecular weight excluding hydrogens is 314 g/mol. The zero-order valence-corrected chi connectivity index (χ0v) is 14.6. The van der Waals surface area contributed by atoms with Crippen LogP contribution in [-0.4, -0.2) is 34.0 Å². The quantitative estimate of drug-likeness (QED) is 0.814. The van der Waals surface area contributed by atoms with Crippen molar-refractivity contribution < 1.29 is 17.9 Å². The Balaban J connectivity index is 2.32. The van der Waals surface area contributed by atoms with Crippen LogP contribution in [-0.2, 0) is 16.6 Å². The van der Waals surface area contributed by atoms with E-state index in [1.54, 1.807) is 13.1 Å². The molecule has 2 aromatic carbocycles. The first-order chi connectivity index (χ1) is 10.9. The zero-order valence-electron chi connectivity index (χ0n) is 13.7. The third-order valence-corrected chi connectivity index (χ3v) is 5.52. The minimum absolute atomic E-state index is 0.172. The third kappa shape index (κ3) is 3.65. The summed E-state index contributed by atoms with van der Waals surface area (Å²) in [5.41, 5.74) is 2.03. The molecule has 0 aromatic heterocycles. The minimum atomic E-state index is -3.61. The fourth-order valence-electron chi connectivity index (χ4n) is 2.27. The summed E-state index contributed by atoms with van der Waals surface area (Å²) in [4.78, 5) is 0.172. The van der Waals surface area contributed by atoms with E-state index in [0.717, 1.165) is 11.1 Å². The molecule has 0 atom stereocenters. The summed E-state index contributed by atoms with van der Waals surface area (Å²) < 4.78 is 37.1. The number of methoxy groups -OCH3 is 2. The van der Waals surface area contributed by atoms with Crippen LogP contribution in [0.5, 0.6) is 11.5 Å². The maximum atomic E-state index is 12.7. The highest BCUT2D eigenvalue weighted by atomic mass is 32.2. The Morgan fingerprint density at radius 1 is 1.00 bits per heavy atom. The van der Waals surface area contributed by atoms with Crippen LogP contribution in [0.2, 0.25) is 0 Å². The molecule has 0 aliphatic rings. The lowest BCUT2D eigenvalue weighted by Crippen LogP contribution is -2.26. The van der Waals surface area contributed by atoms with Gasteiger partial charge in [0.2, 0.25) is 10.0 Å². The number of aryl methyl sites for hydroxylation is 1. The molecule has 0 bridgehead atoms. The van der Waals surface area contributed by atoms with E-state index >= 15 is 0 Å². The molecule has 23 heavy (non-hydrogen) atoms. The second kappa shape index (κ2) is 7.02. The van der Waals surface area contributed by atoms with Gasteiger partial charge < -0.3 is 9.47 Å². The average molecular weight is 335 g/mol. The van der Waals surface area contributed by atoms with Crippen molar-refractivity contribution >= 4 is 10.0 Å². The van der Waals surface area contributed by atoms with Crippen molar-refractivity contribution in [2.45, 2.75) is 18.4 Å². The molecule has 0 spiro atoms. The van der Waals surface area contributed by atoms with Crippen molar-refractivity contribution in [3.05, 3.63) is 53.6 Å². The van der Waals surface area contributed by atoms with Crippen LogP contribution in [0.15, 0.2) is 47.4 Å². The largest absolute Gasteiger partial charge is 0.493 e. The second-order valence-corrected chi connectivity index (χ2v) is 7.25. The Morgan fingerprint density at radius 2 is 1.65 bits per heavy atom. The van der Waals surface area contributed by atoms with Gasteiger partial charge in [-0.1, -0.05) is 24.3 Å². The first kappa shape index (κ1) is 17.3. The number of benzene rings is 2. The van der Waals surface area contributed by atoms with Gasteiger partial charge in [0, 0.05) is 19.7 Å². The molecule has 0 unspecified atom stereocenters. The molecule has 0 aliphatic heterocycles. The average Bonchev–Trinajstić information content (AvgIpc) is 2.56. The van der Waals surface area contributed by atoms with E-state index < -0.39 is 10.0 Å². The summed E-state index contributed by atoms with van der Waals surface area (Å²) in [6.07, 6.45) is 0. The molecule has 0 amide bonds. The van der Waals surface area contributed by atoms with Gasteiger partial charge in [-0.05, 0) is 30.2 Å². The lowest BCUT2D eigenvalue weighted by Gasteiger charge is -2.19. The lowest BCUT2D eigenvalue weighted by molar-refractivity contribution is 0.353. The normalized spacial score (nSPS) is 11.5. The van der Waals surface area contributed by atoms with Crippen LogP contribution < -0.4 is 9.47 Å². The van der Waals surface area contributed by atoms with Gasteiger partial charge in [-0.3, -0.25) is 0 Å². The van der Waals surface area contributed by atoms with Crippen molar-refractivity contribution in [2.24, 2.45) is 0 Å². The fraction of sp³-hybridized carbons (Fsp3) is 0.294. The summed E-state index contributed by atoms with van der Waals surface area (Å²) in [5, 5.41) is 0. The van der Waals surface area contributed by atoms with Crippen molar-refractivity contribution in [2.75, 3.05) is 21.3 Å². The minimum Gasteiger partial charge on any atom is -0.493 e. The van der Waals surface area contributed by atoms with Gasteiger partial charge >= 0.3 is 0 Å². The predicted octanol–water partition coefficient (Wildman–Crippen LogP) is 2.83. The molecule has 0 aliphatic carbocycles. The molecule has 0 saturated heterocycles. The summed E-state index contributed by atoms with van der Waals surface area (Å²) in [5.74, 6) is 0.880. The van der Waals surface area contributed by atoms with Gasteiger partial charge in [-0.2, -0.15) is 4.31 Å². The van der Waals surface area contributed by atoms with Gasteiger partial charge in [0.1, 0.15) is 0 Å². The molecular formula is C17H21NO4S. The number of sulfonamides is 1. The lowest BCUT2D eigenvalue weighted by atomic mass is 10.1. The van der Waals surface area contributed by atoms with Gasteiger partial charge in [0.25, 0.3) is 0 Å².